The van der Waals surface area contributed by atoms with E-state index in [1.807, 2.05) is 62.6 Å². The predicted octanol–water partition coefficient (Wildman–Crippen LogP) is 3.65. The SMILES string of the molecule is Cc1nn(C)cc1-c1cccc(C(=O)NCCCN(C)c2ccccc2)c1. The maximum absolute atomic E-state index is 12.5. The molecule has 0 saturated heterocycles. The Labute approximate surface area is 160 Å². The Morgan fingerprint density at radius 1 is 1.15 bits per heavy atom. The van der Waals surface area contributed by atoms with Crippen molar-refractivity contribution in [2.75, 3.05) is 25.0 Å². The number of benzene rings is 2. The summed E-state index contributed by atoms with van der Waals surface area (Å²) in [6.45, 7) is 3.51. The first-order valence-corrected chi connectivity index (χ1v) is 9.19. The average molecular weight is 362 g/mol. The van der Waals surface area contributed by atoms with Gasteiger partial charge < -0.3 is 10.2 Å². The maximum atomic E-state index is 12.5. The van der Waals surface area contributed by atoms with Crippen LogP contribution in [0.5, 0.6) is 0 Å². The highest BCUT2D eigenvalue weighted by Gasteiger charge is 2.10. The van der Waals surface area contributed by atoms with Gasteiger partial charge in [0, 0.05) is 50.2 Å². The maximum Gasteiger partial charge on any atom is 0.251 e. The summed E-state index contributed by atoms with van der Waals surface area (Å²) in [7, 11) is 3.97. The number of nitrogens with one attached hydrogen (secondary N) is 1. The Balaban J connectivity index is 1.54. The van der Waals surface area contributed by atoms with E-state index in [4.69, 9.17) is 0 Å². The molecule has 140 valence electrons. The van der Waals surface area contributed by atoms with Crippen molar-refractivity contribution >= 4 is 11.6 Å². The lowest BCUT2D eigenvalue weighted by Crippen LogP contribution is -2.28. The molecule has 27 heavy (non-hydrogen) atoms. The van der Waals surface area contributed by atoms with E-state index in [0.29, 0.717) is 12.1 Å². The zero-order valence-corrected chi connectivity index (χ0v) is 16.1. The summed E-state index contributed by atoms with van der Waals surface area (Å²) in [4.78, 5) is 14.7. The molecule has 1 aromatic heterocycles. The molecule has 1 N–H and O–H groups in total. The summed E-state index contributed by atoms with van der Waals surface area (Å²) in [5.41, 5.74) is 4.88. The van der Waals surface area contributed by atoms with Gasteiger partial charge >= 0.3 is 0 Å². The van der Waals surface area contributed by atoms with Gasteiger partial charge in [-0.1, -0.05) is 30.3 Å². The number of amides is 1. The lowest BCUT2D eigenvalue weighted by atomic mass is 10.0. The van der Waals surface area contributed by atoms with E-state index in [1.165, 1.54) is 5.69 Å². The summed E-state index contributed by atoms with van der Waals surface area (Å²) in [5, 5.41) is 7.39. The van der Waals surface area contributed by atoms with Crippen LogP contribution in [0.2, 0.25) is 0 Å². The van der Waals surface area contributed by atoms with Crippen LogP contribution < -0.4 is 10.2 Å². The number of nitrogens with zero attached hydrogens (tertiary/aromatic N) is 3. The lowest BCUT2D eigenvalue weighted by molar-refractivity contribution is 0.0953. The number of para-hydroxylation sites is 1. The third-order valence-corrected chi connectivity index (χ3v) is 4.60. The summed E-state index contributed by atoms with van der Waals surface area (Å²) < 4.78 is 1.79. The standard InChI is InChI=1S/C22H26N4O/c1-17-21(16-26(3)24-17)18-9-7-10-19(15-18)22(27)23-13-8-14-25(2)20-11-5-4-6-12-20/h4-7,9-12,15-16H,8,13-14H2,1-3H3,(H,23,27). The average Bonchev–Trinajstić information content (AvgIpc) is 3.03. The Hall–Kier alpha value is -3.08. The Morgan fingerprint density at radius 3 is 2.63 bits per heavy atom. The van der Waals surface area contributed by atoms with E-state index in [9.17, 15) is 4.79 Å². The fourth-order valence-electron chi connectivity index (χ4n) is 3.14. The van der Waals surface area contributed by atoms with Crippen LogP contribution >= 0.6 is 0 Å². The number of hydrogen-bond donors (Lipinski definition) is 1. The number of anilines is 1. The number of aryl methyl sites for hydroxylation is 2. The monoisotopic (exact) mass is 362 g/mol. The van der Waals surface area contributed by atoms with Crippen LogP contribution in [0.1, 0.15) is 22.5 Å². The minimum Gasteiger partial charge on any atom is -0.375 e. The van der Waals surface area contributed by atoms with Crippen molar-refractivity contribution in [1.29, 1.82) is 0 Å². The molecule has 0 unspecified atom stereocenters. The highest BCUT2D eigenvalue weighted by molar-refractivity contribution is 5.95. The first-order valence-electron chi connectivity index (χ1n) is 9.19. The van der Waals surface area contributed by atoms with E-state index < -0.39 is 0 Å². The summed E-state index contributed by atoms with van der Waals surface area (Å²) in [5.74, 6) is -0.0410. The quantitative estimate of drug-likeness (QED) is 0.653. The molecule has 1 amide bonds. The van der Waals surface area contributed by atoms with Gasteiger partial charge in [-0.15, -0.1) is 0 Å². The van der Waals surface area contributed by atoms with Crippen LogP contribution in [0.4, 0.5) is 5.69 Å². The van der Waals surface area contributed by atoms with Crippen molar-refractivity contribution in [3.63, 3.8) is 0 Å². The number of hydrogen-bond acceptors (Lipinski definition) is 3. The molecule has 0 bridgehead atoms. The van der Waals surface area contributed by atoms with Crippen LogP contribution in [0.25, 0.3) is 11.1 Å². The second-order valence-electron chi connectivity index (χ2n) is 6.75. The minimum atomic E-state index is -0.0410. The molecule has 2 aromatic carbocycles. The van der Waals surface area contributed by atoms with Crippen LogP contribution in [0.3, 0.4) is 0 Å². The number of carbonyl (C=O) groups excluding carboxylic acids is 1. The molecular weight excluding hydrogens is 336 g/mol. The fourth-order valence-corrected chi connectivity index (χ4v) is 3.14. The Kier molecular flexibility index (Phi) is 5.91. The molecule has 0 aliphatic rings. The largest absolute Gasteiger partial charge is 0.375 e. The molecule has 0 spiro atoms. The third-order valence-electron chi connectivity index (χ3n) is 4.60. The van der Waals surface area contributed by atoms with Crippen molar-refractivity contribution < 1.29 is 4.79 Å². The molecule has 0 aliphatic carbocycles. The zero-order valence-electron chi connectivity index (χ0n) is 16.1. The van der Waals surface area contributed by atoms with E-state index in [1.54, 1.807) is 4.68 Å². The minimum absolute atomic E-state index is 0.0410. The van der Waals surface area contributed by atoms with Crippen molar-refractivity contribution in [3.05, 3.63) is 72.1 Å². The normalized spacial score (nSPS) is 10.6. The number of rotatable bonds is 7. The molecule has 0 fully saturated rings. The molecule has 5 heteroatoms. The molecule has 5 nitrogen and oxygen atoms in total. The molecule has 0 aliphatic heterocycles. The van der Waals surface area contributed by atoms with Gasteiger partial charge in [0.15, 0.2) is 0 Å². The molecule has 0 saturated carbocycles. The Bertz CT molecular complexity index is 902. The first kappa shape index (κ1) is 18.7. The van der Waals surface area contributed by atoms with Gasteiger partial charge in [-0.25, -0.2) is 0 Å². The van der Waals surface area contributed by atoms with Gasteiger partial charge in [-0.05, 0) is 43.2 Å². The first-order chi connectivity index (χ1) is 13.0. The van der Waals surface area contributed by atoms with E-state index in [0.717, 1.165) is 29.8 Å². The smallest absolute Gasteiger partial charge is 0.251 e. The molecule has 1 heterocycles. The zero-order chi connectivity index (χ0) is 19.2. The van der Waals surface area contributed by atoms with Crippen LogP contribution in [-0.2, 0) is 7.05 Å². The van der Waals surface area contributed by atoms with Gasteiger partial charge in [0.25, 0.3) is 5.91 Å². The predicted molar refractivity (Wildman–Crippen MR) is 110 cm³/mol. The van der Waals surface area contributed by atoms with E-state index in [-0.39, 0.29) is 5.91 Å². The van der Waals surface area contributed by atoms with Crippen molar-refractivity contribution in [1.82, 2.24) is 15.1 Å². The third kappa shape index (κ3) is 4.76. The van der Waals surface area contributed by atoms with E-state index >= 15 is 0 Å². The van der Waals surface area contributed by atoms with Crippen molar-refractivity contribution in [2.24, 2.45) is 7.05 Å². The van der Waals surface area contributed by atoms with Crippen LogP contribution in [0, 0.1) is 6.92 Å². The summed E-state index contributed by atoms with van der Waals surface area (Å²) >= 11 is 0. The highest BCUT2D eigenvalue weighted by Crippen LogP contribution is 2.23. The number of aromatic nitrogens is 2. The van der Waals surface area contributed by atoms with Crippen molar-refractivity contribution in [3.8, 4) is 11.1 Å². The van der Waals surface area contributed by atoms with Crippen LogP contribution in [-0.4, -0.2) is 35.8 Å². The Morgan fingerprint density at radius 2 is 1.93 bits per heavy atom. The van der Waals surface area contributed by atoms with Crippen molar-refractivity contribution in [2.45, 2.75) is 13.3 Å². The van der Waals surface area contributed by atoms with Gasteiger partial charge in [-0.3, -0.25) is 9.48 Å². The molecular formula is C22H26N4O. The molecule has 0 radical (unpaired) electrons. The second kappa shape index (κ2) is 8.54. The van der Waals surface area contributed by atoms with Gasteiger partial charge in [0.05, 0.1) is 5.69 Å². The van der Waals surface area contributed by atoms with Gasteiger partial charge in [0.1, 0.15) is 0 Å². The molecule has 3 rings (SSSR count). The molecule has 3 aromatic rings. The molecule has 0 atom stereocenters. The van der Waals surface area contributed by atoms with Gasteiger partial charge in [0.2, 0.25) is 0 Å². The topological polar surface area (TPSA) is 50.2 Å². The summed E-state index contributed by atoms with van der Waals surface area (Å²) in [6, 6.07) is 18.0. The lowest BCUT2D eigenvalue weighted by Gasteiger charge is -2.19. The fraction of sp³-hybridized carbons (Fsp3) is 0.273. The highest BCUT2D eigenvalue weighted by atomic mass is 16.1. The number of carbonyl (C=O) groups is 1. The van der Waals surface area contributed by atoms with E-state index in [2.05, 4.69) is 34.5 Å². The summed E-state index contributed by atoms with van der Waals surface area (Å²) in [6.07, 6.45) is 2.87. The van der Waals surface area contributed by atoms with Gasteiger partial charge in [-0.2, -0.15) is 5.10 Å². The van der Waals surface area contributed by atoms with Crippen LogP contribution in [0.15, 0.2) is 60.8 Å². The second-order valence-corrected chi connectivity index (χ2v) is 6.75.